The summed E-state index contributed by atoms with van der Waals surface area (Å²) in [5.74, 6) is -5.22. The summed E-state index contributed by atoms with van der Waals surface area (Å²) in [5.41, 5.74) is 0.0639. The van der Waals surface area contributed by atoms with Crippen molar-refractivity contribution in [2.24, 2.45) is 7.05 Å². The maximum absolute atomic E-state index is 13.6. The second kappa shape index (κ2) is 12.6. The Balaban J connectivity index is 1.33. The molecule has 0 saturated carbocycles. The molecule has 45 heavy (non-hydrogen) atoms. The lowest BCUT2D eigenvalue weighted by Crippen LogP contribution is -2.71. The van der Waals surface area contributed by atoms with Gasteiger partial charge in [0.2, 0.25) is 11.1 Å². The summed E-state index contributed by atoms with van der Waals surface area (Å²) in [6, 6.07) is 1.60. The van der Waals surface area contributed by atoms with Crippen molar-refractivity contribution in [3.63, 3.8) is 0 Å². The molecular weight excluding hydrogens is 634 g/mol. The molecule has 4 N–H and O–H groups in total. The Morgan fingerprint density at radius 2 is 1.84 bits per heavy atom. The predicted octanol–water partition coefficient (Wildman–Crippen LogP) is -2.10. The summed E-state index contributed by atoms with van der Waals surface area (Å²) >= 11 is 1.15. The molecule has 18 nitrogen and oxygen atoms in total. The fourth-order valence-electron chi connectivity index (χ4n) is 5.01. The monoisotopic (exact) mass is 661 g/mol. The number of fused-ring (bicyclic) bond motifs is 1. The summed E-state index contributed by atoms with van der Waals surface area (Å²) < 4.78 is 14.0. The first kappa shape index (κ1) is 31.6. The van der Waals surface area contributed by atoms with Crippen molar-refractivity contribution in [2.75, 3.05) is 31.1 Å². The van der Waals surface area contributed by atoms with Gasteiger partial charge in [-0.2, -0.15) is 0 Å². The highest BCUT2D eigenvalue weighted by molar-refractivity contribution is 8.00. The number of phenolic OH excluding ortho intramolecular Hbond substituents is 1. The third-order valence-electron chi connectivity index (χ3n) is 7.33. The van der Waals surface area contributed by atoms with E-state index in [-0.39, 0.29) is 58.9 Å². The molecule has 3 aliphatic heterocycles. The molecule has 6 amide bonds. The third kappa shape index (κ3) is 5.97. The number of carboxylic acid groups (broad SMARTS) is 1. The van der Waals surface area contributed by atoms with Crippen molar-refractivity contribution in [3.8, 4) is 5.75 Å². The molecule has 1 unspecified atom stereocenters. The van der Waals surface area contributed by atoms with Crippen molar-refractivity contribution < 1.29 is 43.2 Å². The topological polar surface area (TPSA) is 237 Å². The summed E-state index contributed by atoms with van der Waals surface area (Å²) in [7, 11) is -0.318. The van der Waals surface area contributed by atoms with E-state index in [0.717, 1.165) is 16.7 Å². The van der Waals surface area contributed by atoms with Crippen molar-refractivity contribution >= 4 is 58.2 Å². The number of carboxylic acids is 1. The number of phenols is 1. The van der Waals surface area contributed by atoms with Crippen LogP contribution in [0.5, 0.6) is 5.75 Å². The molecule has 0 bridgehead atoms. The molecule has 4 heterocycles. The summed E-state index contributed by atoms with van der Waals surface area (Å²) in [6.45, 7) is 1.98. The number of β-lactam (4-membered cyclic amide) rings is 1. The zero-order valence-corrected chi connectivity index (χ0v) is 25.4. The van der Waals surface area contributed by atoms with Gasteiger partial charge in [-0.25, -0.2) is 14.3 Å². The van der Waals surface area contributed by atoms with Crippen LogP contribution in [-0.2, 0) is 41.8 Å². The number of urea groups is 1. The summed E-state index contributed by atoms with van der Waals surface area (Å²) in [4.78, 5) is 80.0. The number of rotatable bonds is 9. The second-order valence-corrected chi connectivity index (χ2v) is 12.5. The van der Waals surface area contributed by atoms with Gasteiger partial charge in [-0.15, -0.1) is 11.8 Å². The maximum atomic E-state index is 13.6. The molecule has 2 aromatic rings. The highest BCUT2D eigenvalue weighted by atomic mass is 32.2. The van der Waals surface area contributed by atoms with Crippen molar-refractivity contribution in [1.29, 1.82) is 0 Å². The van der Waals surface area contributed by atoms with Crippen LogP contribution in [0.2, 0.25) is 0 Å². The fraction of sp³-hybridized carbons (Fsp3) is 0.400. The highest BCUT2D eigenvalue weighted by Crippen LogP contribution is 2.41. The number of aromatic hydroxyl groups is 1. The van der Waals surface area contributed by atoms with Gasteiger partial charge in [0.1, 0.15) is 28.9 Å². The smallest absolute Gasteiger partial charge is 0.352 e. The van der Waals surface area contributed by atoms with Crippen molar-refractivity contribution in [2.45, 2.75) is 29.5 Å². The molecule has 2 fully saturated rings. The number of imide groups is 1. The van der Waals surface area contributed by atoms with Gasteiger partial charge < -0.3 is 25.7 Å². The minimum absolute atomic E-state index is 0.0278. The number of hydrogen-bond donors (Lipinski definition) is 4. The standard InChI is InChI=1S/C25H27N9O9S2/c1-3-32-8-9-33(21(39)20(32)38)24(42)27-15(12-4-6-14(35)7-5-12)18(36)26-16-19(37)34-17(23(40)41)13(10-44-22(16)34)11-45(43)25-28-29-30-31(25)2/h4-7,15-16,22,35H,3,8-11H2,1-2H3,(H,26,36)(H,27,42)(H,40,41)/t15-,16-,22-,45?/m1/s1. The van der Waals surface area contributed by atoms with E-state index in [0.29, 0.717) is 4.90 Å². The number of aryl methyl sites for hydroxylation is 1. The van der Waals surface area contributed by atoms with E-state index in [1.807, 2.05) is 0 Å². The first-order valence-corrected chi connectivity index (χ1v) is 15.8. The Bertz CT molecular complexity index is 1640. The van der Waals surface area contributed by atoms with Gasteiger partial charge in [-0.05, 0) is 40.6 Å². The van der Waals surface area contributed by atoms with Crippen LogP contribution in [0.3, 0.4) is 0 Å². The van der Waals surface area contributed by atoms with Crippen LogP contribution in [0.4, 0.5) is 4.79 Å². The fourth-order valence-corrected chi connectivity index (χ4v) is 7.62. The van der Waals surface area contributed by atoms with E-state index in [1.54, 1.807) is 6.92 Å². The largest absolute Gasteiger partial charge is 0.508 e. The number of likely N-dealkylation sites (N-methyl/N-ethyl adjacent to an activating group) is 1. The minimum atomic E-state index is -1.80. The molecule has 0 aliphatic carbocycles. The highest BCUT2D eigenvalue weighted by Gasteiger charge is 2.54. The van der Waals surface area contributed by atoms with Gasteiger partial charge >= 0.3 is 23.8 Å². The molecule has 3 aliphatic rings. The molecule has 5 rings (SSSR count). The average molecular weight is 662 g/mol. The van der Waals surface area contributed by atoms with Crippen molar-refractivity contribution in [1.82, 2.24) is 45.5 Å². The Labute approximate surface area is 261 Å². The second-order valence-electron chi connectivity index (χ2n) is 10.0. The Hall–Kier alpha value is -4.85. The van der Waals surface area contributed by atoms with Gasteiger partial charge in [-0.3, -0.25) is 33.2 Å². The van der Waals surface area contributed by atoms with Gasteiger partial charge in [-0.1, -0.05) is 17.2 Å². The summed E-state index contributed by atoms with van der Waals surface area (Å²) in [6.07, 6.45) is 0. The zero-order valence-electron chi connectivity index (χ0n) is 23.8. The predicted molar refractivity (Wildman–Crippen MR) is 153 cm³/mol. The molecular formula is C25H27N9O9S2. The van der Waals surface area contributed by atoms with Crippen LogP contribution in [0.15, 0.2) is 40.7 Å². The molecule has 1 aromatic carbocycles. The lowest BCUT2D eigenvalue weighted by Gasteiger charge is -2.49. The normalized spacial score (nSPS) is 21.2. The average Bonchev–Trinajstić information content (AvgIpc) is 3.45. The van der Waals surface area contributed by atoms with Crippen LogP contribution >= 0.6 is 11.8 Å². The molecule has 0 spiro atoms. The maximum Gasteiger partial charge on any atom is 0.352 e. The number of piperazine rings is 1. The molecule has 0 radical (unpaired) electrons. The number of thioether (sulfide) groups is 1. The summed E-state index contributed by atoms with van der Waals surface area (Å²) in [5, 5.41) is 34.6. The number of aliphatic carboxylic acids is 1. The number of carbonyl (C=O) groups is 6. The first-order chi connectivity index (χ1) is 21.4. The van der Waals surface area contributed by atoms with Crippen LogP contribution < -0.4 is 10.6 Å². The van der Waals surface area contributed by atoms with Gasteiger partial charge in [0.15, 0.2) is 0 Å². The van der Waals surface area contributed by atoms with E-state index in [2.05, 4.69) is 26.2 Å². The number of amides is 6. The lowest BCUT2D eigenvalue weighted by molar-refractivity contribution is -0.153. The Kier molecular flexibility index (Phi) is 8.87. The number of tetrazole rings is 1. The number of aromatic nitrogens is 4. The first-order valence-electron chi connectivity index (χ1n) is 13.4. The lowest BCUT2D eigenvalue weighted by atomic mass is 10.0. The zero-order chi connectivity index (χ0) is 32.6. The van der Waals surface area contributed by atoms with Crippen molar-refractivity contribution in [3.05, 3.63) is 41.1 Å². The van der Waals surface area contributed by atoms with E-state index in [1.165, 1.54) is 40.9 Å². The van der Waals surface area contributed by atoms with Crippen LogP contribution in [0.25, 0.3) is 0 Å². The van der Waals surface area contributed by atoms with Crippen LogP contribution in [0.1, 0.15) is 18.5 Å². The molecule has 238 valence electrons. The number of nitrogens with zero attached hydrogens (tertiary/aromatic N) is 7. The van der Waals surface area contributed by atoms with E-state index in [4.69, 9.17) is 0 Å². The number of benzene rings is 1. The van der Waals surface area contributed by atoms with Crippen LogP contribution in [0, 0.1) is 0 Å². The third-order valence-corrected chi connectivity index (χ3v) is 10.0. The Morgan fingerprint density at radius 1 is 1.13 bits per heavy atom. The number of carbonyl (C=O) groups excluding carboxylic acids is 5. The number of nitrogens with one attached hydrogen (secondary N) is 2. The molecule has 4 atom stereocenters. The molecule has 2 saturated heterocycles. The quantitative estimate of drug-likeness (QED) is 0.167. The van der Waals surface area contributed by atoms with E-state index < -0.39 is 63.9 Å². The molecule has 20 heteroatoms. The number of hydrogen-bond acceptors (Lipinski definition) is 12. The van der Waals surface area contributed by atoms with Crippen LogP contribution in [-0.4, -0.2) is 128 Å². The Morgan fingerprint density at radius 3 is 2.47 bits per heavy atom. The molecule has 1 aromatic heterocycles. The van der Waals surface area contributed by atoms with Gasteiger partial charge in [0, 0.05) is 32.4 Å². The van der Waals surface area contributed by atoms with E-state index >= 15 is 0 Å². The van der Waals surface area contributed by atoms with Gasteiger partial charge in [0.25, 0.3) is 5.91 Å². The SMILES string of the molecule is CCN1CCN(C(=O)N[C@@H](C(=O)N[C@@H]2C(=O)N3C(C(=O)O)=C(CS(=O)c4nnnn4C)CS[C@H]23)c2ccc(O)cc2)C(=O)C1=O. The minimum Gasteiger partial charge on any atom is -0.508 e. The van der Waals surface area contributed by atoms with Gasteiger partial charge in [0.05, 0.1) is 16.6 Å². The van der Waals surface area contributed by atoms with E-state index in [9.17, 15) is 43.2 Å².